The summed E-state index contributed by atoms with van der Waals surface area (Å²) in [6, 6.07) is 0. The Morgan fingerprint density at radius 3 is 1.70 bits per heavy atom. The fourth-order valence-corrected chi connectivity index (χ4v) is 3.60. The van der Waals surface area contributed by atoms with Crippen LogP contribution in [-0.2, 0) is 0 Å². The van der Waals surface area contributed by atoms with Crippen molar-refractivity contribution in [2.24, 2.45) is 0 Å². The second kappa shape index (κ2) is 2.51. The van der Waals surface area contributed by atoms with E-state index in [1.54, 1.807) is 22.7 Å². The lowest BCUT2D eigenvalue weighted by molar-refractivity contribution is 1.46. The Kier molecular flexibility index (Phi) is 1.79. The van der Waals surface area contributed by atoms with Gasteiger partial charge in [0, 0.05) is 0 Å². The van der Waals surface area contributed by atoms with Crippen LogP contribution in [0.4, 0.5) is 0 Å². The number of fused-ring (bicyclic) bond motifs is 1. The molecule has 2 rings (SSSR count). The first-order valence-electron chi connectivity index (χ1n) is 2.34. The van der Waals surface area contributed by atoms with E-state index in [2.05, 4.69) is 41.8 Å². The number of nitrogens with zero attached hydrogens (tertiary/aromatic N) is 2. The fourth-order valence-electron chi connectivity index (χ4n) is 0.593. The summed E-state index contributed by atoms with van der Waals surface area (Å²) in [7, 11) is 0. The van der Waals surface area contributed by atoms with E-state index >= 15 is 0 Å². The number of aromatic nitrogens is 2. The van der Waals surface area contributed by atoms with Crippen LogP contribution in [0.15, 0.2) is 7.83 Å². The zero-order chi connectivity index (χ0) is 7.14. The predicted octanol–water partition coefficient (Wildman–Crippen LogP) is 3.28. The van der Waals surface area contributed by atoms with Gasteiger partial charge in [0.15, 0.2) is 17.5 Å². The second-order valence-corrected chi connectivity index (χ2v) is 6.05. The quantitative estimate of drug-likeness (QED) is 0.746. The summed E-state index contributed by atoms with van der Waals surface area (Å²) >= 11 is 9.67. The summed E-state index contributed by atoms with van der Waals surface area (Å²) in [6.45, 7) is 0. The number of hydrogen-bond donors (Lipinski definition) is 0. The molecule has 10 heavy (non-hydrogen) atoms. The third kappa shape index (κ3) is 1.13. The van der Waals surface area contributed by atoms with Crippen LogP contribution in [0.3, 0.4) is 0 Å². The molecule has 2 aromatic heterocycles. The van der Waals surface area contributed by atoms with Gasteiger partial charge in [0.2, 0.25) is 0 Å². The van der Waals surface area contributed by atoms with Gasteiger partial charge in [-0.05, 0) is 31.9 Å². The summed E-state index contributed by atoms with van der Waals surface area (Å²) in [5.41, 5.74) is 0. The van der Waals surface area contributed by atoms with E-state index in [1.165, 1.54) is 0 Å². The highest BCUT2D eigenvalue weighted by molar-refractivity contribution is 9.11. The molecule has 52 valence electrons. The fraction of sp³-hybridized carbons (Fsp3) is 0. The molecule has 0 bridgehead atoms. The van der Waals surface area contributed by atoms with Crippen LogP contribution in [0.2, 0.25) is 0 Å². The van der Waals surface area contributed by atoms with Crippen molar-refractivity contribution in [3.05, 3.63) is 7.83 Å². The van der Waals surface area contributed by atoms with E-state index in [1.807, 2.05) is 0 Å². The van der Waals surface area contributed by atoms with Crippen molar-refractivity contribution in [3.63, 3.8) is 0 Å². The zero-order valence-electron chi connectivity index (χ0n) is 4.47. The van der Waals surface area contributed by atoms with Gasteiger partial charge in [-0.25, -0.2) is 9.97 Å². The lowest BCUT2D eigenvalue weighted by Crippen LogP contribution is -1.52. The van der Waals surface area contributed by atoms with Gasteiger partial charge in [-0.2, -0.15) is 0 Å². The van der Waals surface area contributed by atoms with Crippen LogP contribution in [0.1, 0.15) is 0 Å². The Labute approximate surface area is 81.6 Å². The lowest BCUT2D eigenvalue weighted by atomic mass is 10.9. The Balaban J connectivity index is 2.83. The predicted molar refractivity (Wildman–Crippen MR) is 50.7 cm³/mol. The van der Waals surface area contributed by atoms with Gasteiger partial charge in [0.25, 0.3) is 0 Å². The van der Waals surface area contributed by atoms with Crippen LogP contribution in [-0.4, -0.2) is 9.97 Å². The lowest BCUT2D eigenvalue weighted by Gasteiger charge is -1.70. The summed E-state index contributed by atoms with van der Waals surface area (Å²) < 4.78 is 1.79. The number of halogens is 2. The van der Waals surface area contributed by atoms with Crippen LogP contribution in [0.5, 0.6) is 0 Å². The summed E-state index contributed by atoms with van der Waals surface area (Å²) in [5.74, 6) is 0. The minimum Gasteiger partial charge on any atom is -0.216 e. The highest BCUT2D eigenvalue weighted by atomic mass is 79.9. The molecule has 6 heteroatoms. The van der Waals surface area contributed by atoms with Crippen molar-refractivity contribution in [1.82, 2.24) is 9.97 Å². The Hall–Kier alpha value is 0.480. The first-order chi connectivity index (χ1) is 4.75. The Morgan fingerprint density at radius 2 is 1.30 bits per heavy atom. The maximum Gasteiger partial charge on any atom is 0.162 e. The molecule has 0 N–H and O–H groups in total. The van der Waals surface area contributed by atoms with Gasteiger partial charge in [-0.1, -0.05) is 22.7 Å². The third-order valence-electron chi connectivity index (χ3n) is 0.924. The van der Waals surface area contributed by atoms with Crippen molar-refractivity contribution in [2.75, 3.05) is 0 Å². The van der Waals surface area contributed by atoms with E-state index in [-0.39, 0.29) is 0 Å². The smallest absolute Gasteiger partial charge is 0.162 e. The molecular formula is C4Br2N2S2. The van der Waals surface area contributed by atoms with Gasteiger partial charge >= 0.3 is 0 Å². The SMILES string of the molecule is Brc1nc2sc(Br)nc2s1. The van der Waals surface area contributed by atoms with Crippen molar-refractivity contribution in [1.29, 1.82) is 0 Å². The molecule has 0 aliphatic rings. The maximum absolute atomic E-state index is 4.20. The standard InChI is InChI=1S/C4Br2N2S2/c5-3-7-1-2(10-3)8-4(6)9-1. The molecule has 0 spiro atoms. The van der Waals surface area contributed by atoms with Gasteiger partial charge in [0.1, 0.15) is 0 Å². The van der Waals surface area contributed by atoms with Gasteiger partial charge < -0.3 is 0 Å². The zero-order valence-corrected chi connectivity index (χ0v) is 9.27. The van der Waals surface area contributed by atoms with Gasteiger partial charge in [-0.3, -0.25) is 0 Å². The molecule has 0 aliphatic heterocycles. The molecule has 2 aromatic rings. The van der Waals surface area contributed by atoms with E-state index < -0.39 is 0 Å². The van der Waals surface area contributed by atoms with E-state index in [0.717, 1.165) is 17.5 Å². The Morgan fingerprint density at radius 1 is 0.900 bits per heavy atom. The highest BCUT2D eigenvalue weighted by Gasteiger charge is 2.05. The molecule has 0 aliphatic carbocycles. The minimum absolute atomic E-state index is 0.897. The highest BCUT2D eigenvalue weighted by Crippen LogP contribution is 2.31. The van der Waals surface area contributed by atoms with Crippen LogP contribution < -0.4 is 0 Å². The normalized spacial score (nSPS) is 11.0. The molecular weight excluding hydrogens is 300 g/mol. The Bertz CT molecular complexity index is 303. The largest absolute Gasteiger partial charge is 0.216 e. The number of rotatable bonds is 0. The van der Waals surface area contributed by atoms with Gasteiger partial charge in [-0.15, -0.1) is 0 Å². The molecule has 0 aromatic carbocycles. The first kappa shape index (κ1) is 7.15. The monoisotopic (exact) mass is 298 g/mol. The summed E-state index contributed by atoms with van der Waals surface area (Å²) in [4.78, 5) is 10.4. The third-order valence-corrected chi connectivity index (χ3v) is 3.85. The van der Waals surface area contributed by atoms with Gasteiger partial charge in [0.05, 0.1) is 0 Å². The average molecular weight is 300 g/mol. The molecule has 0 atom stereocenters. The molecule has 0 fully saturated rings. The van der Waals surface area contributed by atoms with E-state index in [4.69, 9.17) is 0 Å². The maximum atomic E-state index is 4.20. The minimum atomic E-state index is 0.897. The van der Waals surface area contributed by atoms with Crippen molar-refractivity contribution >= 4 is 64.2 Å². The average Bonchev–Trinajstić information content (AvgIpc) is 2.21. The molecule has 0 saturated heterocycles. The van der Waals surface area contributed by atoms with Crippen molar-refractivity contribution < 1.29 is 0 Å². The molecule has 0 amide bonds. The van der Waals surface area contributed by atoms with Crippen LogP contribution in [0, 0.1) is 0 Å². The number of thiazole rings is 2. The molecule has 0 unspecified atom stereocenters. The molecule has 0 radical (unpaired) electrons. The topological polar surface area (TPSA) is 25.8 Å². The van der Waals surface area contributed by atoms with Crippen molar-refractivity contribution in [3.8, 4) is 0 Å². The van der Waals surface area contributed by atoms with E-state index in [0.29, 0.717) is 0 Å². The summed E-state index contributed by atoms with van der Waals surface area (Å²) in [5, 5.41) is 0. The summed E-state index contributed by atoms with van der Waals surface area (Å²) in [6.07, 6.45) is 0. The molecule has 0 saturated carbocycles. The van der Waals surface area contributed by atoms with Crippen molar-refractivity contribution in [2.45, 2.75) is 0 Å². The number of hydrogen-bond acceptors (Lipinski definition) is 4. The first-order valence-corrected chi connectivity index (χ1v) is 5.56. The second-order valence-electron chi connectivity index (χ2n) is 1.54. The molecule has 2 nitrogen and oxygen atoms in total. The molecule has 2 heterocycles. The van der Waals surface area contributed by atoms with Crippen LogP contribution in [0.25, 0.3) is 9.66 Å². The van der Waals surface area contributed by atoms with E-state index in [9.17, 15) is 0 Å². The van der Waals surface area contributed by atoms with Crippen LogP contribution >= 0.6 is 54.5 Å².